The minimum absolute atomic E-state index is 0.0209. The standard InChI is InChI=1S/C10H12O4/c1-3-14-10(12)7-4-8(11)6-9(5-7)13-2/h4-6,11H,3H2,1-2H3. The topological polar surface area (TPSA) is 55.8 Å². The first kappa shape index (κ1) is 10.4. The van der Waals surface area contributed by atoms with Gasteiger partial charge < -0.3 is 14.6 Å². The zero-order chi connectivity index (χ0) is 10.6. The van der Waals surface area contributed by atoms with Crippen molar-refractivity contribution >= 4 is 5.97 Å². The van der Waals surface area contributed by atoms with Crippen molar-refractivity contribution in [2.24, 2.45) is 0 Å². The van der Waals surface area contributed by atoms with E-state index in [9.17, 15) is 9.90 Å². The third kappa shape index (κ3) is 2.39. The van der Waals surface area contributed by atoms with Gasteiger partial charge in [-0.15, -0.1) is 0 Å². The van der Waals surface area contributed by atoms with E-state index in [1.54, 1.807) is 6.92 Å². The number of hydrogen-bond acceptors (Lipinski definition) is 4. The van der Waals surface area contributed by atoms with E-state index in [-0.39, 0.29) is 11.3 Å². The van der Waals surface area contributed by atoms with E-state index >= 15 is 0 Å². The largest absolute Gasteiger partial charge is 0.508 e. The van der Waals surface area contributed by atoms with Crippen molar-refractivity contribution in [1.29, 1.82) is 0 Å². The van der Waals surface area contributed by atoms with Gasteiger partial charge in [-0.05, 0) is 19.1 Å². The lowest BCUT2D eigenvalue weighted by atomic mass is 10.2. The van der Waals surface area contributed by atoms with Crippen LogP contribution in [0.15, 0.2) is 18.2 Å². The molecule has 0 spiro atoms. The van der Waals surface area contributed by atoms with Crippen molar-refractivity contribution in [2.75, 3.05) is 13.7 Å². The molecule has 0 bridgehead atoms. The van der Waals surface area contributed by atoms with Crippen LogP contribution in [0.2, 0.25) is 0 Å². The molecule has 0 amide bonds. The van der Waals surface area contributed by atoms with Crippen molar-refractivity contribution < 1.29 is 19.4 Å². The lowest BCUT2D eigenvalue weighted by Gasteiger charge is -2.05. The van der Waals surface area contributed by atoms with Crippen molar-refractivity contribution in [2.45, 2.75) is 6.92 Å². The summed E-state index contributed by atoms with van der Waals surface area (Å²) in [5.41, 5.74) is 0.281. The molecule has 0 saturated carbocycles. The SMILES string of the molecule is CCOC(=O)c1cc(O)cc(OC)c1. The molecular weight excluding hydrogens is 184 g/mol. The average Bonchev–Trinajstić information content (AvgIpc) is 2.17. The Morgan fingerprint density at radius 1 is 1.43 bits per heavy atom. The van der Waals surface area contributed by atoms with Gasteiger partial charge in [0.05, 0.1) is 19.3 Å². The highest BCUT2D eigenvalue weighted by atomic mass is 16.5. The van der Waals surface area contributed by atoms with E-state index in [1.807, 2.05) is 0 Å². The van der Waals surface area contributed by atoms with Crippen LogP contribution in [0, 0.1) is 0 Å². The molecule has 0 atom stereocenters. The van der Waals surface area contributed by atoms with Gasteiger partial charge in [-0.2, -0.15) is 0 Å². The fraction of sp³-hybridized carbons (Fsp3) is 0.300. The lowest BCUT2D eigenvalue weighted by Crippen LogP contribution is -2.04. The molecule has 1 aromatic carbocycles. The number of ether oxygens (including phenoxy) is 2. The summed E-state index contributed by atoms with van der Waals surface area (Å²) in [5.74, 6) is -0.0674. The van der Waals surface area contributed by atoms with Gasteiger partial charge in [0.2, 0.25) is 0 Å². The van der Waals surface area contributed by atoms with Gasteiger partial charge in [0, 0.05) is 6.07 Å². The Hall–Kier alpha value is -1.71. The zero-order valence-electron chi connectivity index (χ0n) is 8.11. The number of phenols is 1. The minimum atomic E-state index is -0.471. The Labute approximate surface area is 82.1 Å². The number of phenolic OH excluding ortho intramolecular Hbond substituents is 1. The molecular formula is C10H12O4. The number of esters is 1. The highest BCUT2D eigenvalue weighted by Gasteiger charge is 2.09. The Morgan fingerprint density at radius 3 is 2.71 bits per heavy atom. The van der Waals surface area contributed by atoms with Crippen LogP contribution in [-0.2, 0) is 4.74 Å². The third-order valence-corrected chi connectivity index (χ3v) is 1.64. The maximum Gasteiger partial charge on any atom is 0.338 e. The molecule has 0 aromatic heterocycles. The Kier molecular flexibility index (Phi) is 3.34. The summed E-state index contributed by atoms with van der Waals surface area (Å²) in [6.07, 6.45) is 0. The number of hydrogen-bond donors (Lipinski definition) is 1. The molecule has 0 aliphatic heterocycles. The molecule has 0 aliphatic carbocycles. The molecule has 1 aromatic rings. The van der Waals surface area contributed by atoms with Crippen LogP contribution in [0.3, 0.4) is 0 Å². The molecule has 4 nitrogen and oxygen atoms in total. The summed E-state index contributed by atoms with van der Waals surface area (Å²) in [5, 5.41) is 9.25. The van der Waals surface area contributed by atoms with E-state index < -0.39 is 5.97 Å². The summed E-state index contributed by atoms with van der Waals surface area (Å²) in [6, 6.07) is 4.26. The summed E-state index contributed by atoms with van der Waals surface area (Å²) in [6.45, 7) is 2.02. The molecule has 0 unspecified atom stereocenters. The van der Waals surface area contributed by atoms with E-state index in [0.29, 0.717) is 12.4 Å². The summed E-state index contributed by atoms with van der Waals surface area (Å²) in [4.78, 5) is 11.3. The molecule has 1 rings (SSSR count). The second-order valence-corrected chi connectivity index (χ2v) is 2.64. The van der Waals surface area contributed by atoms with Crippen LogP contribution in [0.4, 0.5) is 0 Å². The quantitative estimate of drug-likeness (QED) is 0.745. The van der Waals surface area contributed by atoms with Crippen LogP contribution in [0.1, 0.15) is 17.3 Å². The Morgan fingerprint density at radius 2 is 2.14 bits per heavy atom. The number of benzene rings is 1. The molecule has 76 valence electrons. The number of rotatable bonds is 3. The number of methoxy groups -OCH3 is 1. The van der Waals surface area contributed by atoms with Crippen LogP contribution >= 0.6 is 0 Å². The maximum atomic E-state index is 11.3. The predicted octanol–water partition coefficient (Wildman–Crippen LogP) is 1.58. The average molecular weight is 196 g/mol. The summed E-state index contributed by atoms with van der Waals surface area (Å²) < 4.78 is 9.67. The summed E-state index contributed by atoms with van der Waals surface area (Å²) in [7, 11) is 1.46. The summed E-state index contributed by atoms with van der Waals surface area (Å²) >= 11 is 0. The second kappa shape index (κ2) is 4.50. The van der Waals surface area contributed by atoms with Gasteiger partial charge in [0.25, 0.3) is 0 Å². The smallest absolute Gasteiger partial charge is 0.338 e. The van der Waals surface area contributed by atoms with E-state index in [0.717, 1.165) is 0 Å². The van der Waals surface area contributed by atoms with Gasteiger partial charge in [0.15, 0.2) is 0 Å². The van der Waals surface area contributed by atoms with Gasteiger partial charge in [-0.1, -0.05) is 0 Å². The zero-order valence-corrected chi connectivity index (χ0v) is 8.11. The van der Waals surface area contributed by atoms with Gasteiger partial charge >= 0.3 is 5.97 Å². The highest BCUT2D eigenvalue weighted by Crippen LogP contribution is 2.21. The Balaban J connectivity index is 2.96. The van der Waals surface area contributed by atoms with Crippen LogP contribution in [0.5, 0.6) is 11.5 Å². The number of carbonyl (C=O) groups is 1. The Bertz CT molecular complexity index is 333. The molecule has 0 fully saturated rings. The van der Waals surface area contributed by atoms with E-state index in [1.165, 1.54) is 25.3 Å². The molecule has 14 heavy (non-hydrogen) atoms. The van der Waals surface area contributed by atoms with Crippen LogP contribution in [-0.4, -0.2) is 24.8 Å². The first-order valence-electron chi connectivity index (χ1n) is 4.22. The number of aromatic hydroxyl groups is 1. The van der Waals surface area contributed by atoms with Crippen molar-refractivity contribution in [1.82, 2.24) is 0 Å². The van der Waals surface area contributed by atoms with E-state index in [4.69, 9.17) is 9.47 Å². The van der Waals surface area contributed by atoms with Crippen LogP contribution in [0.25, 0.3) is 0 Å². The van der Waals surface area contributed by atoms with Gasteiger partial charge in [-0.25, -0.2) is 4.79 Å². The first-order chi connectivity index (χ1) is 6.67. The molecule has 1 N–H and O–H groups in total. The fourth-order valence-corrected chi connectivity index (χ4v) is 1.03. The molecule has 0 radical (unpaired) electrons. The van der Waals surface area contributed by atoms with Crippen molar-refractivity contribution in [3.05, 3.63) is 23.8 Å². The lowest BCUT2D eigenvalue weighted by molar-refractivity contribution is 0.0525. The normalized spacial score (nSPS) is 9.57. The molecule has 0 aliphatic rings. The second-order valence-electron chi connectivity index (χ2n) is 2.64. The van der Waals surface area contributed by atoms with Crippen molar-refractivity contribution in [3.8, 4) is 11.5 Å². The molecule has 0 saturated heterocycles. The van der Waals surface area contributed by atoms with Crippen LogP contribution < -0.4 is 4.74 Å². The highest BCUT2D eigenvalue weighted by molar-refractivity contribution is 5.90. The van der Waals surface area contributed by atoms with Gasteiger partial charge in [-0.3, -0.25) is 0 Å². The molecule has 4 heteroatoms. The molecule has 0 heterocycles. The van der Waals surface area contributed by atoms with E-state index in [2.05, 4.69) is 0 Å². The van der Waals surface area contributed by atoms with Crippen molar-refractivity contribution in [3.63, 3.8) is 0 Å². The fourth-order valence-electron chi connectivity index (χ4n) is 1.03. The maximum absolute atomic E-state index is 11.3. The predicted molar refractivity (Wildman–Crippen MR) is 50.6 cm³/mol. The minimum Gasteiger partial charge on any atom is -0.508 e. The third-order valence-electron chi connectivity index (χ3n) is 1.64. The number of carbonyl (C=O) groups excluding carboxylic acids is 1. The first-order valence-corrected chi connectivity index (χ1v) is 4.22. The van der Waals surface area contributed by atoms with Gasteiger partial charge in [0.1, 0.15) is 11.5 Å². The monoisotopic (exact) mass is 196 g/mol.